The van der Waals surface area contributed by atoms with Crippen LogP contribution in [0.15, 0.2) is 16.5 Å². The quantitative estimate of drug-likeness (QED) is 0.882. The molecule has 1 aliphatic carbocycles. The molecule has 21 heavy (non-hydrogen) atoms. The van der Waals surface area contributed by atoms with E-state index < -0.39 is 0 Å². The summed E-state index contributed by atoms with van der Waals surface area (Å²) in [6.07, 6.45) is 9.56. The van der Waals surface area contributed by atoms with Gasteiger partial charge < -0.3 is 15.1 Å². The molecule has 1 saturated carbocycles. The van der Waals surface area contributed by atoms with E-state index in [-0.39, 0.29) is 0 Å². The minimum absolute atomic E-state index is 0.313. The van der Waals surface area contributed by atoms with Crippen LogP contribution in [0.5, 0.6) is 0 Å². The third-order valence-corrected chi connectivity index (χ3v) is 5.34. The molecule has 2 aliphatic rings. The van der Waals surface area contributed by atoms with Gasteiger partial charge in [-0.2, -0.15) is 0 Å². The second-order valence-corrected chi connectivity index (χ2v) is 6.95. The van der Waals surface area contributed by atoms with E-state index in [0.29, 0.717) is 12.1 Å². The van der Waals surface area contributed by atoms with E-state index in [1.54, 1.807) is 0 Å². The largest absolute Gasteiger partial charge is 0.465 e. The van der Waals surface area contributed by atoms with Gasteiger partial charge in [0.1, 0.15) is 11.5 Å². The van der Waals surface area contributed by atoms with E-state index in [4.69, 9.17) is 4.42 Å². The Balaban J connectivity index is 1.63. The Kier molecular flexibility index (Phi) is 5.02. The van der Waals surface area contributed by atoms with Crippen LogP contribution in [0.1, 0.15) is 69.4 Å². The van der Waals surface area contributed by atoms with Gasteiger partial charge in [0.25, 0.3) is 0 Å². The van der Waals surface area contributed by atoms with Gasteiger partial charge >= 0.3 is 0 Å². The van der Waals surface area contributed by atoms with Crippen molar-refractivity contribution in [1.29, 1.82) is 0 Å². The number of nitrogens with one attached hydrogen (secondary N) is 2. The van der Waals surface area contributed by atoms with Gasteiger partial charge in [0, 0.05) is 12.1 Å². The molecule has 4 unspecified atom stereocenters. The van der Waals surface area contributed by atoms with E-state index >= 15 is 0 Å². The SMILES string of the molecule is Cc1ccc(C(C)NC2CCCCC2C2CCCCN2)o1. The van der Waals surface area contributed by atoms with Crippen LogP contribution in [0, 0.1) is 12.8 Å². The molecule has 3 rings (SSSR count). The van der Waals surface area contributed by atoms with Crippen LogP contribution >= 0.6 is 0 Å². The number of rotatable bonds is 4. The maximum Gasteiger partial charge on any atom is 0.120 e. The Morgan fingerprint density at radius 2 is 1.95 bits per heavy atom. The zero-order valence-corrected chi connectivity index (χ0v) is 13.5. The summed E-state index contributed by atoms with van der Waals surface area (Å²) in [5.41, 5.74) is 0. The van der Waals surface area contributed by atoms with Gasteiger partial charge in [-0.3, -0.25) is 0 Å². The summed E-state index contributed by atoms with van der Waals surface area (Å²) >= 11 is 0. The fourth-order valence-electron chi connectivity index (χ4n) is 4.18. The van der Waals surface area contributed by atoms with E-state index in [1.807, 2.05) is 6.92 Å². The molecule has 1 aromatic heterocycles. The summed E-state index contributed by atoms with van der Waals surface area (Å²) < 4.78 is 5.79. The van der Waals surface area contributed by atoms with E-state index in [2.05, 4.69) is 29.7 Å². The van der Waals surface area contributed by atoms with Crippen molar-refractivity contribution in [3.05, 3.63) is 23.7 Å². The first kappa shape index (κ1) is 15.1. The van der Waals surface area contributed by atoms with Crippen LogP contribution in [-0.2, 0) is 0 Å². The van der Waals surface area contributed by atoms with Crippen LogP contribution in [0.3, 0.4) is 0 Å². The number of hydrogen-bond donors (Lipinski definition) is 2. The molecule has 0 aromatic carbocycles. The lowest BCUT2D eigenvalue weighted by Crippen LogP contribution is -2.50. The summed E-state index contributed by atoms with van der Waals surface area (Å²) in [6, 6.07) is 5.85. The highest BCUT2D eigenvalue weighted by Crippen LogP contribution is 2.32. The van der Waals surface area contributed by atoms with Crippen LogP contribution in [0.25, 0.3) is 0 Å². The van der Waals surface area contributed by atoms with Crippen molar-refractivity contribution >= 4 is 0 Å². The Morgan fingerprint density at radius 3 is 2.67 bits per heavy atom. The molecule has 1 aliphatic heterocycles. The Hall–Kier alpha value is -0.800. The molecule has 2 fully saturated rings. The average Bonchev–Trinajstić information content (AvgIpc) is 2.95. The normalized spacial score (nSPS) is 32.0. The zero-order chi connectivity index (χ0) is 14.7. The zero-order valence-electron chi connectivity index (χ0n) is 13.5. The first-order valence-corrected chi connectivity index (χ1v) is 8.80. The second kappa shape index (κ2) is 6.97. The molecule has 3 heteroatoms. The van der Waals surface area contributed by atoms with Gasteiger partial charge in [-0.25, -0.2) is 0 Å². The number of aryl methyl sites for hydroxylation is 1. The standard InChI is InChI=1S/C18H30N2O/c1-13-10-11-18(21-13)14(2)20-17-9-4-3-7-15(17)16-8-5-6-12-19-16/h10-11,14-17,19-20H,3-9,12H2,1-2H3. The maximum absolute atomic E-state index is 5.79. The van der Waals surface area contributed by atoms with Crippen LogP contribution < -0.4 is 10.6 Å². The van der Waals surface area contributed by atoms with Crippen molar-refractivity contribution in [2.24, 2.45) is 5.92 Å². The highest BCUT2D eigenvalue weighted by Gasteiger charge is 2.33. The number of hydrogen-bond acceptors (Lipinski definition) is 3. The topological polar surface area (TPSA) is 37.2 Å². The summed E-state index contributed by atoms with van der Waals surface area (Å²) in [6.45, 7) is 5.46. The van der Waals surface area contributed by atoms with E-state index in [9.17, 15) is 0 Å². The van der Waals surface area contributed by atoms with Crippen molar-refractivity contribution in [2.45, 2.75) is 76.9 Å². The number of furan rings is 1. The molecule has 118 valence electrons. The lowest BCUT2D eigenvalue weighted by molar-refractivity contribution is 0.170. The van der Waals surface area contributed by atoms with E-state index in [0.717, 1.165) is 23.5 Å². The summed E-state index contributed by atoms with van der Waals surface area (Å²) in [7, 11) is 0. The average molecular weight is 290 g/mol. The third-order valence-electron chi connectivity index (χ3n) is 5.34. The molecule has 0 radical (unpaired) electrons. The predicted molar refractivity (Wildman–Crippen MR) is 86.4 cm³/mol. The van der Waals surface area contributed by atoms with Gasteiger partial charge in [-0.05, 0) is 64.1 Å². The minimum atomic E-state index is 0.313. The molecular formula is C18H30N2O. The summed E-state index contributed by atoms with van der Waals surface area (Å²) in [5.74, 6) is 2.87. The fourth-order valence-corrected chi connectivity index (χ4v) is 4.18. The lowest BCUT2D eigenvalue weighted by atomic mass is 9.77. The molecule has 0 bridgehead atoms. The van der Waals surface area contributed by atoms with Gasteiger partial charge in [0.15, 0.2) is 0 Å². The molecule has 2 heterocycles. The smallest absolute Gasteiger partial charge is 0.120 e. The Labute approximate surface area is 128 Å². The molecule has 4 atom stereocenters. The molecular weight excluding hydrogens is 260 g/mol. The Bertz CT molecular complexity index is 436. The van der Waals surface area contributed by atoms with Crippen LogP contribution in [0.2, 0.25) is 0 Å². The maximum atomic E-state index is 5.79. The molecule has 0 amide bonds. The molecule has 0 spiro atoms. The molecule has 2 N–H and O–H groups in total. The lowest BCUT2D eigenvalue weighted by Gasteiger charge is -2.40. The van der Waals surface area contributed by atoms with Crippen molar-refractivity contribution in [3.63, 3.8) is 0 Å². The first-order chi connectivity index (χ1) is 10.2. The summed E-state index contributed by atoms with van der Waals surface area (Å²) in [4.78, 5) is 0. The Morgan fingerprint density at radius 1 is 1.14 bits per heavy atom. The van der Waals surface area contributed by atoms with E-state index in [1.165, 1.54) is 51.5 Å². The monoisotopic (exact) mass is 290 g/mol. The molecule has 3 nitrogen and oxygen atoms in total. The third kappa shape index (κ3) is 3.70. The molecule has 1 aromatic rings. The number of piperidine rings is 1. The van der Waals surface area contributed by atoms with Gasteiger partial charge in [0.05, 0.1) is 6.04 Å². The van der Waals surface area contributed by atoms with Gasteiger partial charge in [0.2, 0.25) is 0 Å². The van der Waals surface area contributed by atoms with Crippen molar-refractivity contribution in [1.82, 2.24) is 10.6 Å². The highest BCUT2D eigenvalue weighted by molar-refractivity contribution is 5.09. The van der Waals surface area contributed by atoms with Gasteiger partial charge in [-0.15, -0.1) is 0 Å². The first-order valence-electron chi connectivity index (χ1n) is 8.80. The summed E-state index contributed by atoms with van der Waals surface area (Å²) in [5, 5.41) is 7.63. The van der Waals surface area contributed by atoms with Crippen molar-refractivity contribution in [2.75, 3.05) is 6.54 Å². The fraction of sp³-hybridized carbons (Fsp3) is 0.778. The van der Waals surface area contributed by atoms with Crippen molar-refractivity contribution < 1.29 is 4.42 Å². The highest BCUT2D eigenvalue weighted by atomic mass is 16.3. The van der Waals surface area contributed by atoms with Crippen molar-refractivity contribution in [3.8, 4) is 0 Å². The minimum Gasteiger partial charge on any atom is -0.465 e. The van der Waals surface area contributed by atoms with Gasteiger partial charge in [-0.1, -0.05) is 19.3 Å². The van der Waals surface area contributed by atoms with Crippen LogP contribution in [0.4, 0.5) is 0 Å². The molecule has 1 saturated heterocycles. The van der Waals surface area contributed by atoms with Crippen LogP contribution in [-0.4, -0.2) is 18.6 Å². The predicted octanol–water partition coefficient (Wildman–Crippen LogP) is 3.94. The second-order valence-electron chi connectivity index (χ2n) is 6.95.